The minimum absolute atomic E-state index is 0.102. The molecule has 0 unspecified atom stereocenters. The summed E-state index contributed by atoms with van der Waals surface area (Å²) in [6, 6.07) is 22.8. The van der Waals surface area contributed by atoms with Gasteiger partial charge in [-0.2, -0.15) is 0 Å². The van der Waals surface area contributed by atoms with Crippen molar-refractivity contribution in [3.8, 4) is 23.0 Å². The highest BCUT2D eigenvalue weighted by Gasteiger charge is 2.16. The first-order valence-corrected chi connectivity index (χ1v) is 11.7. The maximum atomic E-state index is 6.28. The fourth-order valence-electron chi connectivity index (χ4n) is 3.44. The number of thiophene rings is 2. The highest BCUT2D eigenvalue weighted by Crippen LogP contribution is 2.40. The van der Waals surface area contributed by atoms with Crippen molar-refractivity contribution in [3.05, 3.63) is 83.1 Å². The van der Waals surface area contributed by atoms with E-state index in [-0.39, 0.29) is 5.41 Å². The quantitative estimate of drug-likeness (QED) is 0.283. The molecule has 4 heteroatoms. The zero-order valence-electron chi connectivity index (χ0n) is 17.1. The molecule has 0 radical (unpaired) electrons. The third-order valence-electron chi connectivity index (χ3n) is 5.11. The van der Waals surface area contributed by atoms with Gasteiger partial charge in [0.1, 0.15) is 23.0 Å². The highest BCUT2D eigenvalue weighted by atomic mass is 32.1. The molecule has 150 valence electrons. The summed E-state index contributed by atoms with van der Waals surface area (Å²) >= 11 is 3.40. The largest absolute Gasteiger partial charge is 0.456 e. The van der Waals surface area contributed by atoms with E-state index in [4.69, 9.17) is 9.47 Å². The van der Waals surface area contributed by atoms with Crippen LogP contribution in [-0.4, -0.2) is 0 Å². The lowest BCUT2D eigenvalue weighted by Gasteiger charge is -2.19. The molecule has 3 aromatic carbocycles. The molecular weight excluding hydrogens is 408 g/mol. The minimum atomic E-state index is 0.102. The Morgan fingerprint density at radius 2 is 1.27 bits per heavy atom. The van der Waals surface area contributed by atoms with Gasteiger partial charge in [0.05, 0.1) is 0 Å². The molecular formula is C26H22O2S2. The van der Waals surface area contributed by atoms with Gasteiger partial charge in [-0.3, -0.25) is 0 Å². The predicted octanol–water partition coefficient (Wildman–Crippen LogP) is 9.00. The first kappa shape index (κ1) is 19.2. The van der Waals surface area contributed by atoms with Crippen molar-refractivity contribution in [2.45, 2.75) is 26.2 Å². The van der Waals surface area contributed by atoms with E-state index in [0.717, 1.165) is 33.8 Å². The fourth-order valence-corrected chi connectivity index (χ4v) is 5.14. The van der Waals surface area contributed by atoms with Gasteiger partial charge in [0.2, 0.25) is 0 Å². The Labute approximate surface area is 184 Å². The van der Waals surface area contributed by atoms with Crippen LogP contribution in [-0.2, 0) is 5.41 Å². The molecule has 2 nitrogen and oxygen atoms in total. The van der Waals surface area contributed by atoms with Gasteiger partial charge in [0.15, 0.2) is 0 Å². The lowest BCUT2D eigenvalue weighted by Crippen LogP contribution is -2.10. The normalized spacial score (nSPS) is 11.8. The third-order valence-corrected chi connectivity index (χ3v) is 6.99. The van der Waals surface area contributed by atoms with Gasteiger partial charge in [0.25, 0.3) is 0 Å². The molecule has 0 bridgehead atoms. The molecule has 0 saturated carbocycles. The molecule has 0 amide bonds. The summed E-state index contributed by atoms with van der Waals surface area (Å²) in [5, 5.41) is 6.42. The Morgan fingerprint density at radius 3 is 1.97 bits per heavy atom. The van der Waals surface area contributed by atoms with E-state index in [0.29, 0.717) is 0 Å². The lowest BCUT2D eigenvalue weighted by atomic mass is 9.86. The van der Waals surface area contributed by atoms with Crippen LogP contribution < -0.4 is 9.47 Å². The molecule has 2 aromatic heterocycles. The first-order chi connectivity index (χ1) is 14.5. The average Bonchev–Trinajstić information content (AvgIpc) is 3.32. The summed E-state index contributed by atoms with van der Waals surface area (Å²) in [5.74, 6) is 3.31. The molecule has 0 aliphatic heterocycles. The summed E-state index contributed by atoms with van der Waals surface area (Å²) in [7, 11) is 0. The van der Waals surface area contributed by atoms with Crippen molar-refractivity contribution in [3.63, 3.8) is 0 Å². The number of hydrogen-bond acceptors (Lipinski definition) is 4. The van der Waals surface area contributed by atoms with Gasteiger partial charge in [0, 0.05) is 37.0 Å². The summed E-state index contributed by atoms with van der Waals surface area (Å²) in [6.07, 6.45) is 0. The second-order valence-corrected chi connectivity index (χ2v) is 10.2. The lowest BCUT2D eigenvalue weighted by molar-refractivity contribution is 0.467. The van der Waals surface area contributed by atoms with Gasteiger partial charge >= 0.3 is 0 Å². The van der Waals surface area contributed by atoms with Crippen molar-refractivity contribution in [1.82, 2.24) is 0 Å². The maximum Gasteiger partial charge on any atom is 0.145 e. The van der Waals surface area contributed by atoms with Crippen LogP contribution in [0.1, 0.15) is 26.3 Å². The van der Waals surface area contributed by atoms with Gasteiger partial charge in [-0.15, -0.1) is 22.7 Å². The van der Waals surface area contributed by atoms with Crippen LogP contribution in [0.2, 0.25) is 0 Å². The van der Waals surface area contributed by atoms with E-state index in [2.05, 4.69) is 61.9 Å². The van der Waals surface area contributed by atoms with Crippen LogP contribution in [0.5, 0.6) is 23.0 Å². The molecule has 0 spiro atoms. The second-order valence-electron chi connectivity index (χ2n) is 8.34. The Kier molecular flexibility index (Phi) is 4.76. The predicted molar refractivity (Wildman–Crippen MR) is 129 cm³/mol. The Balaban J connectivity index is 1.43. The highest BCUT2D eigenvalue weighted by molar-refractivity contribution is 7.17. The van der Waals surface area contributed by atoms with Crippen molar-refractivity contribution in [1.29, 1.82) is 0 Å². The molecule has 0 aliphatic carbocycles. The monoisotopic (exact) mass is 430 g/mol. The summed E-state index contributed by atoms with van der Waals surface area (Å²) in [4.78, 5) is 0. The Morgan fingerprint density at radius 1 is 0.633 bits per heavy atom. The summed E-state index contributed by atoms with van der Waals surface area (Å²) < 4.78 is 14.9. The van der Waals surface area contributed by atoms with Crippen LogP contribution in [0, 0.1) is 0 Å². The van der Waals surface area contributed by atoms with Crippen LogP contribution in [0.25, 0.3) is 20.2 Å². The molecule has 5 rings (SSSR count). The molecule has 2 heterocycles. The van der Waals surface area contributed by atoms with E-state index < -0.39 is 0 Å². The van der Waals surface area contributed by atoms with Crippen LogP contribution in [0.4, 0.5) is 0 Å². The van der Waals surface area contributed by atoms with Crippen molar-refractivity contribution >= 4 is 42.8 Å². The molecule has 30 heavy (non-hydrogen) atoms. The van der Waals surface area contributed by atoms with E-state index in [1.54, 1.807) is 22.7 Å². The van der Waals surface area contributed by atoms with Crippen LogP contribution in [0.3, 0.4) is 0 Å². The maximum absolute atomic E-state index is 6.28. The van der Waals surface area contributed by atoms with E-state index in [1.165, 1.54) is 15.0 Å². The van der Waals surface area contributed by atoms with Crippen LogP contribution >= 0.6 is 22.7 Å². The molecule has 0 fully saturated rings. The SMILES string of the molecule is CC(C)(C)c1ccc2scc(Oc3cccc(Oc4csc5ccccc45)c3)c2c1. The molecule has 0 atom stereocenters. The molecule has 0 saturated heterocycles. The molecule has 0 aliphatic rings. The van der Waals surface area contributed by atoms with Gasteiger partial charge < -0.3 is 9.47 Å². The van der Waals surface area contributed by atoms with Crippen molar-refractivity contribution in [2.75, 3.05) is 0 Å². The van der Waals surface area contributed by atoms with Gasteiger partial charge in [-0.1, -0.05) is 45.0 Å². The van der Waals surface area contributed by atoms with E-state index in [9.17, 15) is 0 Å². The standard InChI is InChI=1S/C26H22O2S2/c1-26(2,3)17-11-12-25-21(13-17)23(16-30-25)28-19-8-6-7-18(14-19)27-22-15-29-24-10-5-4-9-20(22)24/h4-16H,1-3H3. The number of fused-ring (bicyclic) bond motifs is 2. The zero-order chi connectivity index (χ0) is 20.7. The molecule has 5 aromatic rings. The van der Waals surface area contributed by atoms with Crippen LogP contribution in [0.15, 0.2) is 77.5 Å². The smallest absolute Gasteiger partial charge is 0.145 e. The number of hydrogen-bond donors (Lipinski definition) is 0. The zero-order valence-corrected chi connectivity index (χ0v) is 18.8. The van der Waals surface area contributed by atoms with Crippen molar-refractivity contribution < 1.29 is 9.47 Å². The number of ether oxygens (including phenoxy) is 2. The number of benzene rings is 3. The Bertz CT molecular complexity index is 1340. The fraction of sp³-hybridized carbons (Fsp3) is 0.154. The second kappa shape index (κ2) is 7.46. The minimum Gasteiger partial charge on any atom is -0.456 e. The topological polar surface area (TPSA) is 18.5 Å². The van der Waals surface area contributed by atoms with E-state index in [1.807, 2.05) is 36.4 Å². The summed E-state index contributed by atoms with van der Waals surface area (Å²) in [5.41, 5.74) is 1.41. The number of rotatable bonds is 4. The van der Waals surface area contributed by atoms with E-state index >= 15 is 0 Å². The molecule has 0 N–H and O–H groups in total. The Hall–Kier alpha value is -2.82. The van der Waals surface area contributed by atoms with Gasteiger partial charge in [-0.05, 0) is 47.4 Å². The third kappa shape index (κ3) is 3.69. The summed E-state index contributed by atoms with van der Waals surface area (Å²) in [6.45, 7) is 6.70. The average molecular weight is 431 g/mol. The van der Waals surface area contributed by atoms with Gasteiger partial charge in [-0.25, -0.2) is 0 Å². The van der Waals surface area contributed by atoms with Crippen molar-refractivity contribution in [2.24, 2.45) is 0 Å². The first-order valence-electron chi connectivity index (χ1n) is 9.91.